The molecule has 0 spiro atoms. The second-order valence-corrected chi connectivity index (χ2v) is 7.33. The SMILES string of the molecule is COc1cc(/C=C(/C#N)c2ccc(C#N)cc2)cc(I)c1OCc1ccccc1. The van der Waals surface area contributed by atoms with Crippen LogP contribution in [0.3, 0.4) is 0 Å². The van der Waals surface area contributed by atoms with Crippen LogP contribution >= 0.6 is 22.6 Å². The predicted octanol–water partition coefficient (Wildman–Crippen LogP) is 5.81. The molecular weight excluding hydrogens is 475 g/mol. The van der Waals surface area contributed by atoms with Crippen molar-refractivity contribution in [3.05, 3.63) is 92.6 Å². The van der Waals surface area contributed by atoms with Gasteiger partial charge in [0.2, 0.25) is 0 Å². The first kappa shape index (κ1) is 20.4. The Morgan fingerprint density at radius 1 is 1.03 bits per heavy atom. The Labute approximate surface area is 183 Å². The topological polar surface area (TPSA) is 66.0 Å². The predicted molar refractivity (Wildman–Crippen MR) is 121 cm³/mol. The zero-order chi connectivity index (χ0) is 20.6. The highest BCUT2D eigenvalue weighted by molar-refractivity contribution is 14.1. The van der Waals surface area contributed by atoms with Gasteiger partial charge >= 0.3 is 0 Å². The molecule has 0 aliphatic carbocycles. The van der Waals surface area contributed by atoms with Crippen LogP contribution in [-0.2, 0) is 6.61 Å². The van der Waals surface area contributed by atoms with E-state index in [4.69, 9.17) is 14.7 Å². The van der Waals surface area contributed by atoms with Gasteiger partial charge in [-0.05, 0) is 69.6 Å². The number of benzene rings is 3. The van der Waals surface area contributed by atoms with Crippen LogP contribution in [0.25, 0.3) is 11.6 Å². The number of methoxy groups -OCH3 is 1. The van der Waals surface area contributed by atoms with Gasteiger partial charge in [-0.1, -0.05) is 42.5 Å². The van der Waals surface area contributed by atoms with Crippen LogP contribution in [0.4, 0.5) is 0 Å². The monoisotopic (exact) mass is 492 g/mol. The molecule has 3 rings (SSSR count). The number of hydrogen-bond acceptors (Lipinski definition) is 4. The summed E-state index contributed by atoms with van der Waals surface area (Å²) in [6.45, 7) is 0.442. The van der Waals surface area contributed by atoms with E-state index in [1.165, 1.54) is 0 Å². The summed E-state index contributed by atoms with van der Waals surface area (Å²) in [5.74, 6) is 1.28. The Hall–Kier alpha value is -3.29. The molecule has 0 saturated heterocycles. The molecule has 0 aliphatic heterocycles. The van der Waals surface area contributed by atoms with Crippen molar-refractivity contribution < 1.29 is 9.47 Å². The maximum atomic E-state index is 9.59. The van der Waals surface area contributed by atoms with Gasteiger partial charge in [-0.2, -0.15) is 10.5 Å². The van der Waals surface area contributed by atoms with Crippen LogP contribution < -0.4 is 9.47 Å². The summed E-state index contributed by atoms with van der Waals surface area (Å²) in [5.41, 5.74) is 3.72. The molecule has 3 aromatic rings. The van der Waals surface area contributed by atoms with E-state index in [9.17, 15) is 5.26 Å². The first-order chi connectivity index (χ1) is 14.1. The molecule has 4 nitrogen and oxygen atoms in total. The van der Waals surface area contributed by atoms with E-state index >= 15 is 0 Å². The minimum Gasteiger partial charge on any atom is -0.493 e. The Balaban J connectivity index is 1.89. The number of nitriles is 2. The van der Waals surface area contributed by atoms with Crippen molar-refractivity contribution in [3.63, 3.8) is 0 Å². The van der Waals surface area contributed by atoms with Gasteiger partial charge in [-0.15, -0.1) is 0 Å². The van der Waals surface area contributed by atoms with Gasteiger partial charge in [0.05, 0.1) is 34.0 Å². The highest BCUT2D eigenvalue weighted by atomic mass is 127. The lowest BCUT2D eigenvalue weighted by atomic mass is 10.0. The number of rotatable bonds is 6. The van der Waals surface area contributed by atoms with Crippen LogP contribution in [0.2, 0.25) is 0 Å². The Morgan fingerprint density at radius 2 is 1.76 bits per heavy atom. The molecule has 0 unspecified atom stereocenters. The molecule has 0 aromatic heterocycles. The number of allylic oxidation sites excluding steroid dienone is 1. The van der Waals surface area contributed by atoms with Gasteiger partial charge in [0, 0.05) is 0 Å². The minimum atomic E-state index is 0.442. The van der Waals surface area contributed by atoms with Crippen LogP contribution in [0.5, 0.6) is 11.5 Å². The third-order valence-electron chi connectivity index (χ3n) is 4.23. The molecule has 5 heteroatoms. The van der Waals surface area contributed by atoms with E-state index in [1.807, 2.05) is 42.5 Å². The number of nitrogens with zero attached hydrogens (tertiary/aromatic N) is 2. The van der Waals surface area contributed by atoms with Crippen molar-refractivity contribution >= 4 is 34.2 Å². The maximum absolute atomic E-state index is 9.59. The summed E-state index contributed by atoms with van der Waals surface area (Å²) in [6.07, 6.45) is 1.80. The summed E-state index contributed by atoms with van der Waals surface area (Å²) in [7, 11) is 1.60. The molecule has 0 heterocycles. The standard InChI is InChI=1S/C24H17IN2O2/c1-28-23-13-19(11-21(15-27)20-9-7-17(14-26)8-10-20)12-22(25)24(23)29-16-18-5-3-2-4-6-18/h2-13H,16H2,1H3/b21-11-. The van der Waals surface area contributed by atoms with E-state index in [2.05, 4.69) is 34.7 Å². The summed E-state index contributed by atoms with van der Waals surface area (Å²) in [5, 5.41) is 18.5. The van der Waals surface area contributed by atoms with E-state index in [1.54, 1.807) is 37.5 Å². The van der Waals surface area contributed by atoms with Crippen molar-refractivity contribution in [2.75, 3.05) is 7.11 Å². The fourth-order valence-corrected chi connectivity index (χ4v) is 3.55. The van der Waals surface area contributed by atoms with Gasteiger partial charge in [0.1, 0.15) is 6.61 Å². The molecular formula is C24H17IN2O2. The molecule has 142 valence electrons. The highest BCUT2D eigenvalue weighted by Gasteiger charge is 2.12. The van der Waals surface area contributed by atoms with Gasteiger partial charge in [0.15, 0.2) is 11.5 Å². The second-order valence-electron chi connectivity index (χ2n) is 6.17. The van der Waals surface area contributed by atoms with Crippen LogP contribution in [0, 0.1) is 26.2 Å². The Morgan fingerprint density at radius 3 is 2.38 bits per heavy atom. The zero-order valence-corrected chi connectivity index (χ0v) is 17.9. The number of hydrogen-bond donors (Lipinski definition) is 0. The van der Waals surface area contributed by atoms with Crippen LogP contribution in [0.1, 0.15) is 22.3 Å². The minimum absolute atomic E-state index is 0.442. The average molecular weight is 492 g/mol. The van der Waals surface area contributed by atoms with Gasteiger partial charge in [-0.25, -0.2) is 0 Å². The van der Waals surface area contributed by atoms with Gasteiger partial charge in [-0.3, -0.25) is 0 Å². The Kier molecular flexibility index (Phi) is 6.89. The molecule has 0 bridgehead atoms. The van der Waals surface area contributed by atoms with Crippen molar-refractivity contribution in [2.24, 2.45) is 0 Å². The molecule has 0 radical (unpaired) electrons. The lowest BCUT2D eigenvalue weighted by Gasteiger charge is -2.14. The second kappa shape index (κ2) is 9.77. The first-order valence-corrected chi connectivity index (χ1v) is 9.89. The molecule has 0 N–H and O–H groups in total. The summed E-state index contributed by atoms with van der Waals surface area (Å²) >= 11 is 2.21. The smallest absolute Gasteiger partial charge is 0.174 e. The van der Waals surface area contributed by atoms with E-state index in [-0.39, 0.29) is 0 Å². The third-order valence-corrected chi connectivity index (χ3v) is 5.04. The molecule has 29 heavy (non-hydrogen) atoms. The van der Waals surface area contributed by atoms with Crippen LogP contribution in [0.15, 0.2) is 66.7 Å². The van der Waals surface area contributed by atoms with Crippen molar-refractivity contribution in [2.45, 2.75) is 6.61 Å². The molecule has 0 atom stereocenters. The first-order valence-electron chi connectivity index (χ1n) is 8.81. The normalized spacial score (nSPS) is 10.7. The third kappa shape index (κ3) is 5.16. The largest absolute Gasteiger partial charge is 0.493 e. The van der Waals surface area contributed by atoms with E-state index < -0.39 is 0 Å². The molecule has 0 aliphatic rings. The molecule has 3 aromatic carbocycles. The zero-order valence-electron chi connectivity index (χ0n) is 15.7. The van der Waals surface area contributed by atoms with Crippen molar-refractivity contribution in [1.82, 2.24) is 0 Å². The molecule has 0 saturated carbocycles. The molecule has 0 fully saturated rings. The fraction of sp³-hybridized carbons (Fsp3) is 0.0833. The maximum Gasteiger partial charge on any atom is 0.174 e. The van der Waals surface area contributed by atoms with Crippen molar-refractivity contribution in [3.8, 4) is 23.6 Å². The van der Waals surface area contributed by atoms with Crippen molar-refractivity contribution in [1.29, 1.82) is 10.5 Å². The summed E-state index contributed by atoms with van der Waals surface area (Å²) in [6, 6.07) is 25.0. The number of ether oxygens (including phenoxy) is 2. The quantitative estimate of drug-likeness (QED) is 0.247. The number of halogens is 1. The highest BCUT2D eigenvalue weighted by Crippen LogP contribution is 2.35. The van der Waals surface area contributed by atoms with E-state index in [0.717, 1.165) is 20.3 Å². The summed E-state index contributed by atoms with van der Waals surface area (Å²) in [4.78, 5) is 0. The van der Waals surface area contributed by atoms with Crippen LogP contribution in [-0.4, -0.2) is 7.11 Å². The van der Waals surface area contributed by atoms with Gasteiger partial charge < -0.3 is 9.47 Å². The summed E-state index contributed by atoms with van der Waals surface area (Å²) < 4.78 is 12.4. The van der Waals surface area contributed by atoms with Gasteiger partial charge in [0.25, 0.3) is 0 Å². The van der Waals surface area contributed by atoms with E-state index in [0.29, 0.717) is 29.2 Å². The average Bonchev–Trinajstić information content (AvgIpc) is 2.77. The molecule has 0 amide bonds. The Bertz CT molecular complexity index is 1110. The lowest BCUT2D eigenvalue weighted by Crippen LogP contribution is -2.00. The lowest BCUT2D eigenvalue weighted by molar-refractivity contribution is 0.282. The fourth-order valence-electron chi connectivity index (χ4n) is 2.76.